The van der Waals surface area contributed by atoms with E-state index in [1.54, 1.807) is 6.20 Å². The third-order valence-electron chi connectivity index (χ3n) is 4.68. The van der Waals surface area contributed by atoms with Crippen LogP contribution in [0.3, 0.4) is 0 Å². The Morgan fingerprint density at radius 3 is 2.81 bits per heavy atom. The molecular formula is C21H22N4O2. The molecule has 0 spiro atoms. The van der Waals surface area contributed by atoms with E-state index in [4.69, 9.17) is 9.72 Å². The van der Waals surface area contributed by atoms with E-state index < -0.39 is 0 Å². The van der Waals surface area contributed by atoms with Crippen LogP contribution in [-0.4, -0.2) is 58.5 Å². The van der Waals surface area contributed by atoms with E-state index in [1.165, 1.54) is 0 Å². The highest BCUT2D eigenvalue weighted by Gasteiger charge is 2.15. The molecule has 0 unspecified atom stereocenters. The van der Waals surface area contributed by atoms with Gasteiger partial charge in [-0.3, -0.25) is 19.7 Å². The first-order chi connectivity index (χ1) is 13.2. The number of carbonyl (C=O) groups excluding carboxylic acids is 1. The van der Waals surface area contributed by atoms with Gasteiger partial charge < -0.3 is 4.74 Å². The molecule has 0 bridgehead atoms. The molecule has 0 saturated carbocycles. The van der Waals surface area contributed by atoms with Gasteiger partial charge in [-0.1, -0.05) is 0 Å². The lowest BCUT2D eigenvalue weighted by Crippen LogP contribution is -2.39. The molecule has 0 aliphatic carbocycles. The SMILES string of the molecule is Cc1cncc(-c2ccc3cnc(CC(=O)CN4CCOCC4)cc3n2)c1. The van der Waals surface area contributed by atoms with Crippen LogP contribution < -0.4 is 0 Å². The summed E-state index contributed by atoms with van der Waals surface area (Å²) in [7, 11) is 0. The molecule has 0 atom stereocenters. The van der Waals surface area contributed by atoms with Gasteiger partial charge in [0.2, 0.25) is 0 Å². The van der Waals surface area contributed by atoms with Gasteiger partial charge in [0.1, 0.15) is 0 Å². The predicted molar refractivity (Wildman–Crippen MR) is 103 cm³/mol. The second-order valence-corrected chi connectivity index (χ2v) is 6.92. The van der Waals surface area contributed by atoms with Crippen LogP contribution in [0.4, 0.5) is 0 Å². The van der Waals surface area contributed by atoms with E-state index in [0.717, 1.165) is 46.5 Å². The maximum atomic E-state index is 12.4. The molecule has 1 aliphatic rings. The molecule has 3 aromatic heterocycles. The largest absolute Gasteiger partial charge is 0.379 e. The highest BCUT2D eigenvalue weighted by atomic mass is 16.5. The summed E-state index contributed by atoms with van der Waals surface area (Å²) in [4.78, 5) is 28.0. The number of ketones is 1. The normalized spacial score (nSPS) is 15.1. The zero-order valence-corrected chi connectivity index (χ0v) is 15.4. The number of hydrogen-bond acceptors (Lipinski definition) is 6. The lowest BCUT2D eigenvalue weighted by atomic mass is 10.1. The van der Waals surface area contributed by atoms with Crippen LogP contribution in [0.2, 0.25) is 0 Å². The first-order valence-corrected chi connectivity index (χ1v) is 9.17. The monoisotopic (exact) mass is 362 g/mol. The highest BCUT2D eigenvalue weighted by Crippen LogP contribution is 2.21. The molecule has 0 amide bonds. The number of pyridine rings is 3. The maximum Gasteiger partial charge on any atom is 0.152 e. The molecule has 0 radical (unpaired) electrons. The van der Waals surface area contributed by atoms with Gasteiger partial charge in [-0.25, -0.2) is 4.98 Å². The smallest absolute Gasteiger partial charge is 0.152 e. The lowest BCUT2D eigenvalue weighted by Gasteiger charge is -2.25. The lowest BCUT2D eigenvalue weighted by molar-refractivity contribution is -0.120. The number of nitrogens with zero attached hydrogens (tertiary/aromatic N) is 4. The zero-order valence-electron chi connectivity index (χ0n) is 15.4. The number of morpholine rings is 1. The third kappa shape index (κ3) is 4.35. The van der Waals surface area contributed by atoms with Crippen LogP contribution in [0, 0.1) is 6.92 Å². The maximum absolute atomic E-state index is 12.4. The van der Waals surface area contributed by atoms with Crippen LogP contribution in [0.25, 0.3) is 22.2 Å². The Bertz CT molecular complexity index is 967. The number of Topliss-reactive ketones (excluding diaryl/α,β-unsaturated/α-hetero) is 1. The van der Waals surface area contributed by atoms with E-state index in [-0.39, 0.29) is 5.78 Å². The van der Waals surface area contributed by atoms with Gasteiger partial charge in [-0.15, -0.1) is 0 Å². The number of fused-ring (bicyclic) bond motifs is 1. The number of carbonyl (C=O) groups is 1. The number of rotatable bonds is 5. The van der Waals surface area contributed by atoms with Crippen molar-refractivity contribution in [1.29, 1.82) is 0 Å². The molecule has 4 rings (SSSR count). The fraction of sp³-hybridized carbons (Fsp3) is 0.333. The molecule has 138 valence electrons. The van der Waals surface area contributed by atoms with Crippen molar-refractivity contribution in [3.8, 4) is 11.3 Å². The second kappa shape index (κ2) is 7.90. The van der Waals surface area contributed by atoms with Gasteiger partial charge in [-0.2, -0.15) is 0 Å². The average molecular weight is 362 g/mol. The number of hydrogen-bond donors (Lipinski definition) is 0. The molecular weight excluding hydrogens is 340 g/mol. The Hall–Kier alpha value is -2.70. The van der Waals surface area contributed by atoms with Crippen molar-refractivity contribution >= 4 is 16.7 Å². The number of aryl methyl sites for hydroxylation is 1. The summed E-state index contributed by atoms with van der Waals surface area (Å²) >= 11 is 0. The molecule has 1 aliphatic heterocycles. The average Bonchev–Trinajstić information content (AvgIpc) is 2.68. The molecule has 6 heteroatoms. The van der Waals surface area contributed by atoms with Gasteiger partial charge in [0.05, 0.1) is 37.4 Å². The van der Waals surface area contributed by atoms with E-state index in [0.29, 0.717) is 26.2 Å². The zero-order chi connectivity index (χ0) is 18.6. The Labute approximate surface area is 158 Å². The van der Waals surface area contributed by atoms with Crippen molar-refractivity contribution in [3.63, 3.8) is 0 Å². The van der Waals surface area contributed by atoms with Gasteiger partial charge in [0.15, 0.2) is 5.78 Å². The fourth-order valence-corrected chi connectivity index (χ4v) is 3.28. The summed E-state index contributed by atoms with van der Waals surface area (Å²) in [5.41, 5.74) is 4.55. The van der Waals surface area contributed by atoms with Crippen molar-refractivity contribution in [2.75, 3.05) is 32.8 Å². The van der Waals surface area contributed by atoms with Crippen molar-refractivity contribution in [1.82, 2.24) is 19.9 Å². The molecule has 6 nitrogen and oxygen atoms in total. The van der Waals surface area contributed by atoms with Crippen molar-refractivity contribution in [2.45, 2.75) is 13.3 Å². The van der Waals surface area contributed by atoms with Crippen molar-refractivity contribution in [3.05, 3.63) is 54.1 Å². The fourth-order valence-electron chi connectivity index (χ4n) is 3.28. The quantitative estimate of drug-likeness (QED) is 0.694. The first-order valence-electron chi connectivity index (χ1n) is 9.17. The highest BCUT2D eigenvalue weighted by molar-refractivity contribution is 5.85. The van der Waals surface area contributed by atoms with E-state index in [1.807, 2.05) is 37.5 Å². The van der Waals surface area contributed by atoms with E-state index in [2.05, 4.69) is 20.9 Å². The topological polar surface area (TPSA) is 68.2 Å². The standard InChI is InChI=1S/C21H22N4O2/c1-15-8-17(12-22-11-15)20-3-2-16-13-23-18(10-21(16)24-20)9-19(26)14-25-4-6-27-7-5-25/h2-3,8,10-13H,4-7,9,14H2,1H3. The second-order valence-electron chi connectivity index (χ2n) is 6.92. The third-order valence-corrected chi connectivity index (χ3v) is 4.68. The molecule has 3 aromatic rings. The van der Waals surface area contributed by atoms with Crippen LogP contribution in [0.1, 0.15) is 11.3 Å². The summed E-state index contributed by atoms with van der Waals surface area (Å²) < 4.78 is 5.32. The minimum Gasteiger partial charge on any atom is -0.379 e. The van der Waals surface area contributed by atoms with Crippen LogP contribution >= 0.6 is 0 Å². The summed E-state index contributed by atoms with van der Waals surface area (Å²) in [6.07, 6.45) is 5.75. The summed E-state index contributed by atoms with van der Waals surface area (Å²) in [5, 5.41) is 0.962. The molecule has 4 heterocycles. The van der Waals surface area contributed by atoms with Crippen molar-refractivity contribution < 1.29 is 9.53 Å². The number of aromatic nitrogens is 3. The summed E-state index contributed by atoms with van der Waals surface area (Å²) in [5.74, 6) is 0.169. The Kier molecular flexibility index (Phi) is 5.18. The Morgan fingerprint density at radius 1 is 1.15 bits per heavy atom. The van der Waals surface area contributed by atoms with Gasteiger partial charge >= 0.3 is 0 Å². The Balaban J connectivity index is 1.53. The Morgan fingerprint density at radius 2 is 2.00 bits per heavy atom. The van der Waals surface area contributed by atoms with Crippen LogP contribution in [0.5, 0.6) is 0 Å². The minimum absolute atomic E-state index is 0.169. The van der Waals surface area contributed by atoms with E-state index in [9.17, 15) is 4.79 Å². The van der Waals surface area contributed by atoms with Gasteiger partial charge in [-0.05, 0) is 36.8 Å². The number of ether oxygens (including phenoxy) is 1. The minimum atomic E-state index is 0.169. The van der Waals surface area contributed by atoms with Crippen molar-refractivity contribution in [2.24, 2.45) is 0 Å². The summed E-state index contributed by atoms with van der Waals surface area (Å²) in [6, 6.07) is 7.96. The van der Waals surface area contributed by atoms with Crippen LogP contribution in [0.15, 0.2) is 42.9 Å². The van der Waals surface area contributed by atoms with Gasteiger partial charge in [0.25, 0.3) is 0 Å². The molecule has 1 fully saturated rings. The van der Waals surface area contributed by atoms with E-state index >= 15 is 0 Å². The molecule has 27 heavy (non-hydrogen) atoms. The summed E-state index contributed by atoms with van der Waals surface area (Å²) in [6.45, 7) is 5.48. The molecule has 1 saturated heterocycles. The molecule has 0 aromatic carbocycles. The van der Waals surface area contributed by atoms with Gasteiger partial charge in [0, 0.05) is 48.3 Å². The predicted octanol–water partition coefficient (Wildman–Crippen LogP) is 2.44. The van der Waals surface area contributed by atoms with Crippen LogP contribution in [-0.2, 0) is 16.0 Å². The first kappa shape index (κ1) is 17.7. The molecule has 0 N–H and O–H groups in total.